The molecule has 0 saturated carbocycles. The van der Waals surface area contributed by atoms with Crippen molar-refractivity contribution in [3.05, 3.63) is 107 Å². The van der Waals surface area contributed by atoms with Gasteiger partial charge in [-0.05, 0) is 49.6 Å². The Bertz CT molecular complexity index is 1330. The molecule has 1 heterocycles. The lowest BCUT2D eigenvalue weighted by molar-refractivity contribution is -0.126. The van der Waals surface area contributed by atoms with E-state index in [2.05, 4.69) is 10.3 Å². The number of aliphatic hydroxyl groups excluding tert-OH is 1. The molecule has 0 bridgehead atoms. The van der Waals surface area contributed by atoms with Crippen molar-refractivity contribution in [1.29, 1.82) is 0 Å². The SMILES string of the molecule is Cc1cc(C)cc(C(=O)N(C)[C@H](Cc2ccccc2)C(=O)N[C@H](CO)Cc2c[nH]c3ccccc23)c1. The first-order valence-electron chi connectivity index (χ1n) is 12.2. The molecule has 2 amide bonds. The highest BCUT2D eigenvalue weighted by molar-refractivity contribution is 5.98. The lowest BCUT2D eigenvalue weighted by Crippen LogP contribution is -2.52. The number of aromatic amines is 1. The molecule has 4 rings (SSSR count). The van der Waals surface area contributed by atoms with Crippen LogP contribution >= 0.6 is 0 Å². The predicted octanol–water partition coefficient (Wildman–Crippen LogP) is 4.19. The molecule has 0 spiro atoms. The highest BCUT2D eigenvalue weighted by Gasteiger charge is 2.29. The minimum Gasteiger partial charge on any atom is -0.394 e. The van der Waals surface area contributed by atoms with E-state index < -0.39 is 12.1 Å². The van der Waals surface area contributed by atoms with Gasteiger partial charge in [0.2, 0.25) is 5.91 Å². The van der Waals surface area contributed by atoms with Gasteiger partial charge in [-0.25, -0.2) is 0 Å². The van der Waals surface area contributed by atoms with Gasteiger partial charge in [-0.3, -0.25) is 9.59 Å². The maximum Gasteiger partial charge on any atom is 0.254 e. The maximum atomic E-state index is 13.6. The number of nitrogens with one attached hydrogen (secondary N) is 2. The molecule has 0 radical (unpaired) electrons. The molecule has 0 aliphatic heterocycles. The van der Waals surface area contributed by atoms with Crippen LogP contribution in [0.25, 0.3) is 10.9 Å². The smallest absolute Gasteiger partial charge is 0.254 e. The van der Waals surface area contributed by atoms with Gasteiger partial charge in [-0.2, -0.15) is 0 Å². The molecule has 2 atom stereocenters. The summed E-state index contributed by atoms with van der Waals surface area (Å²) >= 11 is 0. The molecule has 0 fully saturated rings. The second kappa shape index (κ2) is 11.2. The Morgan fingerprint density at radius 2 is 1.61 bits per heavy atom. The summed E-state index contributed by atoms with van der Waals surface area (Å²) < 4.78 is 0. The molecule has 1 aromatic heterocycles. The number of fused-ring (bicyclic) bond motifs is 1. The summed E-state index contributed by atoms with van der Waals surface area (Å²) in [6.07, 6.45) is 2.75. The average Bonchev–Trinajstić information content (AvgIpc) is 3.28. The zero-order valence-electron chi connectivity index (χ0n) is 21.0. The van der Waals surface area contributed by atoms with Crippen LogP contribution in [0, 0.1) is 13.8 Å². The minimum atomic E-state index is -0.738. The number of aryl methyl sites for hydroxylation is 2. The van der Waals surface area contributed by atoms with Gasteiger partial charge in [0.25, 0.3) is 5.91 Å². The van der Waals surface area contributed by atoms with Gasteiger partial charge in [-0.15, -0.1) is 0 Å². The number of para-hydroxylation sites is 1. The monoisotopic (exact) mass is 483 g/mol. The van der Waals surface area contributed by atoms with Gasteiger partial charge in [0, 0.05) is 36.1 Å². The van der Waals surface area contributed by atoms with Crippen molar-refractivity contribution in [2.45, 2.75) is 38.8 Å². The number of amides is 2. The first-order chi connectivity index (χ1) is 17.4. The van der Waals surface area contributed by atoms with Crippen LogP contribution in [0.1, 0.15) is 32.6 Å². The minimum absolute atomic E-state index is 0.210. The van der Waals surface area contributed by atoms with Gasteiger partial charge in [-0.1, -0.05) is 65.7 Å². The third-order valence-electron chi connectivity index (χ3n) is 6.54. The fourth-order valence-corrected chi connectivity index (χ4v) is 4.71. The van der Waals surface area contributed by atoms with Crippen molar-refractivity contribution in [3.8, 4) is 0 Å². The third kappa shape index (κ3) is 5.83. The van der Waals surface area contributed by atoms with Crippen LogP contribution < -0.4 is 5.32 Å². The number of nitrogens with zero attached hydrogens (tertiary/aromatic N) is 1. The summed E-state index contributed by atoms with van der Waals surface area (Å²) in [7, 11) is 1.67. The summed E-state index contributed by atoms with van der Waals surface area (Å²) in [5.74, 6) is -0.506. The van der Waals surface area contributed by atoms with Crippen LogP contribution in [-0.2, 0) is 17.6 Å². The Labute approximate surface area is 212 Å². The van der Waals surface area contributed by atoms with Gasteiger partial charge in [0.1, 0.15) is 6.04 Å². The van der Waals surface area contributed by atoms with Crippen LogP contribution in [0.4, 0.5) is 0 Å². The fraction of sp³-hybridized carbons (Fsp3) is 0.267. The number of likely N-dealkylation sites (N-methyl/N-ethyl adjacent to an activating group) is 1. The molecule has 6 heteroatoms. The molecule has 0 unspecified atom stereocenters. The molecule has 6 nitrogen and oxygen atoms in total. The van der Waals surface area contributed by atoms with Crippen molar-refractivity contribution in [2.24, 2.45) is 0 Å². The van der Waals surface area contributed by atoms with Crippen molar-refractivity contribution in [3.63, 3.8) is 0 Å². The summed E-state index contributed by atoms with van der Waals surface area (Å²) in [5.41, 5.74) is 5.53. The number of hydrogen-bond acceptors (Lipinski definition) is 3. The van der Waals surface area contributed by atoms with E-state index in [4.69, 9.17) is 0 Å². The van der Waals surface area contributed by atoms with Crippen molar-refractivity contribution >= 4 is 22.7 Å². The Balaban J connectivity index is 1.56. The second-order valence-corrected chi connectivity index (χ2v) is 9.45. The Hall–Kier alpha value is -3.90. The first-order valence-corrected chi connectivity index (χ1v) is 12.2. The summed E-state index contributed by atoms with van der Waals surface area (Å²) in [6.45, 7) is 3.70. The molecule has 3 N–H and O–H groups in total. The molecule has 4 aromatic rings. The van der Waals surface area contributed by atoms with Gasteiger partial charge < -0.3 is 20.3 Å². The molecule has 186 valence electrons. The van der Waals surface area contributed by atoms with E-state index in [1.165, 1.54) is 4.90 Å². The van der Waals surface area contributed by atoms with E-state index >= 15 is 0 Å². The number of benzene rings is 3. The molecular formula is C30H33N3O3. The van der Waals surface area contributed by atoms with Crippen LogP contribution in [-0.4, -0.2) is 52.5 Å². The Morgan fingerprint density at radius 1 is 0.944 bits per heavy atom. The van der Waals surface area contributed by atoms with E-state index in [9.17, 15) is 14.7 Å². The number of aliphatic hydroxyl groups is 1. The van der Waals surface area contributed by atoms with Crippen LogP contribution in [0.2, 0.25) is 0 Å². The summed E-state index contributed by atoms with van der Waals surface area (Å²) in [5, 5.41) is 14.2. The van der Waals surface area contributed by atoms with E-state index in [1.807, 2.05) is 92.8 Å². The lowest BCUT2D eigenvalue weighted by Gasteiger charge is -2.29. The maximum absolute atomic E-state index is 13.6. The van der Waals surface area contributed by atoms with Crippen LogP contribution in [0.15, 0.2) is 79.0 Å². The number of aromatic nitrogens is 1. The van der Waals surface area contributed by atoms with Crippen LogP contribution in [0.5, 0.6) is 0 Å². The number of carbonyl (C=O) groups excluding carboxylic acids is 2. The topological polar surface area (TPSA) is 85.4 Å². The standard InChI is InChI=1S/C30H33N3O3/c1-20-13-21(2)15-23(14-20)30(36)33(3)28(16-22-9-5-4-6-10-22)29(35)32-25(19-34)17-24-18-31-27-12-8-7-11-26(24)27/h4-15,18,25,28,31,34H,16-17,19H2,1-3H3,(H,32,35)/t25-,28+/m0/s1. The largest absolute Gasteiger partial charge is 0.394 e. The van der Waals surface area contributed by atoms with Gasteiger partial charge >= 0.3 is 0 Å². The predicted molar refractivity (Wildman–Crippen MR) is 143 cm³/mol. The van der Waals surface area contributed by atoms with E-state index in [1.54, 1.807) is 7.05 Å². The van der Waals surface area contributed by atoms with Gasteiger partial charge in [0.05, 0.1) is 12.6 Å². The molecule has 36 heavy (non-hydrogen) atoms. The number of rotatable bonds is 9. The molecule has 0 aliphatic carbocycles. The normalized spacial score (nSPS) is 12.8. The van der Waals surface area contributed by atoms with Crippen molar-refractivity contribution < 1.29 is 14.7 Å². The van der Waals surface area contributed by atoms with Gasteiger partial charge in [0.15, 0.2) is 0 Å². The number of H-pyrrole nitrogens is 1. The highest BCUT2D eigenvalue weighted by atomic mass is 16.3. The third-order valence-corrected chi connectivity index (χ3v) is 6.54. The lowest BCUT2D eigenvalue weighted by atomic mass is 10.0. The second-order valence-electron chi connectivity index (χ2n) is 9.45. The highest BCUT2D eigenvalue weighted by Crippen LogP contribution is 2.20. The summed E-state index contributed by atoms with van der Waals surface area (Å²) in [6, 6.07) is 22.1. The average molecular weight is 484 g/mol. The number of carbonyl (C=O) groups is 2. The number of hydrogen-bond donors (Lipinski definition) is 3. The van der Waals surface area contributed by atoms with E-state index in [0.717, 1.165) is 33.2 Å². The molecule has 3 aromatic carbocycles. The molecule has 0 aliphatic rings. The van der Waals surface area contributed by atoms with Crippen molar-refractivity contribution in [1.82, 2.24) is 15.2 Å². The Kier molecular flexibility index (Phi) is 7.86. The quantitative estimate of drug-likeness (QED) is 0.334. The van der Waals surface area contributed by atoms with E-state index in [-0.39, 0.29) is 18.4 Å². The van der Waals surface area contributed by atoms with Crippen molar-refractivity contribution in [2.75, 3.05) is 13.7 Å². The van der Waals surface area contributed by atoms with Crippen LogP contribution in [0.3, 0.4) is 0 Å². The fourth-order valence-electron chi connectivity index (χ4n) is 4.71. The summed E-state index contributed by atoms with van der Waals surface area (Å²) in [4.78, 5) is 31.8. The first kappa shape index (κ1) is 25.2. The molecular weight excluding hydrogens is 450 g/mol. The zero-order valence-corrected chi connectivity index (χ0v) is 21.0. The molecule has 0 saturated heterocycles. The van der Waals surface area contributed by atoms with E-state index in [0.29, 0.717) is 18.4 Å². The Morgan fingerprint density at radius 3 is 2.31 bits per heavy atom. The zero-order chi connectivity index (χ0) is 25.7.